The Morgan fingerprint density at radius 2 is 1.83 bits per heavy atom. The molecular formula is C19H29ClN6O3S. The summed E-state index contributed by atoms with van der Waals surface area (Å²) in [5, 5.41) is 13.3. The highest BCUT2D eigenvalue weighted by Gasteiger charge is 2.25. The number of sulfonamides is 1. The molecule has 166 valence electrons. The molecule has 30 heavy (non-hydrogen) atoms. The van der Waals surface area contributed by atoms with Crippen LogP contribution in [0.1, 0.15) is 45.6 Å². The number of aliphatic hydroxyl groups is 1. The molecule has 2 aromatic heterocycles. The first kappa shape index (κ1) is 24.2. The van der Waals surface area contributed by atoms with Crippen LogP contribution >= 0.6 is 11.6 Å². The number of nitrogens with one attached hydrogen (secondary N) is 2. The second kappa shape index (κ2) is 9.84. The average Bonchev–Trinajstić information content (AvgIpc) is 2.59. The Hall–Kier alpha value is -2.04. The predicted octanol–water partition coefficient (Wildman–Crippen LogP) is 2.63. The molecule has 11 heteroatoms. The van der Waals surface area contributed by atoms with Crippen molar-refractivity contribution in [2.75, 3.05) is 22.9 Å². The first-order chi connectivity index (χ1) is 13.9. The third-order valence-electron chi connectivity index (χ3n) is 4.29. The first-order valence-corrected chi connectivity index (χ1v) is 11.9. The van der Waals surface area contributed by atoms with Crippen molar-refractivity contribution in [3.8, 4) is 0 Å². The van der Waals surface area contributed by atoms with Crippen LogP contribution in [0.25, 0.3) is 0 Å². The largest absolute Gasteiger partial charge is 0.394 e. The highest BCUT2D eigenvalue weighted by atomic mass is 35.5. The Morgan fingerprint density at radius 1 is 1.17 bits per heavy atom. The van der Waals surface area contributed by atoms with Gasteiger partial charge in [0, 0.05) is 23.7 Å². The minimum Gasteiger partial charge on any atom is -0.394 e. The van der Waals surface area contributed by atoms with Crippen LogP contribution in [0.15, 0.2) is 18.3 Å². The highest BCUT2D eigenvalue weighted by Crippen LogP contribution is 2.26. The fraction of sp³-hybridized carbons (Fsp3) is 0.579. The van der Waals surface area contributed by atoms with E-state index < -0.39 is 15.4 Å². The summed E-state index contributed by atoms with van der Waals surface area (Å²) in [6.07, 6.45) is 3.69. The van der Waals surface area contributed by atoms with Gasteiger partial charge in [-0.05, 0) is 24.5 Å². The van der Waals surface area contributed by atoms with Crippen molar-refractivity contribution in [2.45, 2.75) is 52.0 Å². The molecule has 0 radical (unpaired) electrons. The van der Waals surface area contributed by atoms with Gasteiger partial charge in [0.05, 0.1) is 23.9 Å². The van der Waals surface area contributed by atoms with E-state index in [0.717, 1.165) is 11.9 Å². The minimum absolute atomic E-state index is 0.0777. The van der Waals surface area contributed by atoms with Crippen LogP contribution in [-0.4, -0.2) is 52.4 Å². The lowest BCUT2D eigenvalue weighted by molar-refractivity contribution is 0.259. The van der Waals surface area contributed by atoms with Gasteiger partial charge in [-0.1, -0.05) is 39.3 Å². The lowest BCUT2D eigenvalue weighted by Gasteiger charge is -2.24. The molecule has 0 aliphatic heterocycles. The Bertz CT molecular complexity index is 951. The van der Waals surface area contributed by atoms with Crippen molar-refractivity contribution < 1.29 is 13.5 Å². The van der Waals surface area contributed by atoms with Gasteiger partial charge in [0.1, 0.15) is 5.82 Å². The van der Waals surface area contributed by atoms with Gasteiger partial charge in [-0.3, -0.25) is 9.71 Å². The number of hydrogen-bond acceptors (Lipinski definition) is 8. The van der Waals surface area contributed by atoms with Crippen LogP contribution in [0.4, 0.5) is 11.9 Å². The molecule has 2 rings (SSSR count). The van der Waals surface area contributed by atoms with Crippen LogP contribution in [0.5, 0.6) is 0 Å². The molecule has 0 saturated carbocycles. The standard InChI is InChI=1S/C19H29ClN6O3S/c1-12(2)8-14(11-27)22-17-23-16(24-18(25-17)26-30(5,28)29)9-19(3,4)15-7-6-13(20)10-21-15/h6-7,10,12,14,27H,8-9,11H2,1-5H3,(H2,22,23,24,25,26)/t14-/m1/s1. The van der Waals surface area contributed by atoms with E-state index in [1.54, 1.807) is 12.3 Å². The summed E-state index contributed by atoms with van der Waals surface area (Å²) >= 11 is 5.93. The zero-order chi connectivity index (χ0) is 22.5. The molecule has 0 aromatic carbocycles. The molecule has 0 fully saturated rings. The lowest BCUT2D eigenvalue weighted by Crippen LogP contribution is -2.28. The summed E-state index contributed by atoms with van der Waals surface area (Å²) in [7, 11) is -3.57. The number of rotatable bonds is 10. The normalized spacial score (nSPS) is 13.3. The maximum absolute atomic E-state index is 11.7. The number of halogens is 1. The summed E-state index contributed by atoms with van der Waals surface area (Å²) in [4.78, 5) is 17.3. The van der Waals surface area contributed by atoms with Crippen molar-refractivity contribution in [3.63, 3.8) is 0 Å². The van der Waals surface area contributed by atoms with E-state index in [4.69, 9.17) is 11.6 Å². The van der Waals surface area contributed by atoms with E-state index in [2.05, 4.69) is 30.0 Å². The molecule has 3 N–H and O–H groups in total. The second-order valence-corrected chi connectivity index (χ2v) is 10.5. The fourth-order valence-corrected chi connectivity index (χ4v) is 3.50. The third kappa shape index (κ3) is 7.66. The SMILES string of the molecule is CC(C)C[C@H](CO)Nc1nc(CC(C)(C)c2ccc(Cl)cn2)nc(NS(C)(=O)=O)n1. The monoisotopic (exact) mass is 456 g/mol. The maximum atomic E-state index is 11.7. The van der Waals surface area contributed by atoms with Crippen molar-refractivity contribution in [2.24, 2.45) is 5.92 Å². The van der Waals surface area contributed by atoms with Crippen LogP contribution in [0, 0.1) is 5.92 Å². The van der Waals surface area contributed by atoms with Crippen LogP contribution in [-0.2, 0) is 21.9 Å². The van der Waals surface area contributed by atoms with E-state index in [9.17, 15) is 13.5 Å². The lowest BCUT2D eigenvalue weighted by atomic mass is 9.85. The molecule has 9 nitrogen and oxygen atoms in total. The number of anilines is 2. The van der Waals surface area contributed by atoms with Gasteiger partial charge in [-0.2, -0.15) is 15.0 Å². The van der Waals surface area contributed by atoms with Crippen molar-refractivity contribution in [3.05, 3.63) is 34.9 Å². The molecule has 1 atom stereocenters. The number of aliphatic hydroxyl groups excluding tert-OH is 1. The maximum Gasteiger partial charge on any atom is 0.241 e. The van der Waals surface area contributed by atoms with Gasteiger partial charge >= 0.3 is 0 Å². The highest BCUT2D eigenvalue weighted by molar-refractivity contribution is 7.91. The van der Waals surface area contributed by atoms with Gasteiger partial charge in [-0.15, -0.1) is 0 Å². The Morgan fingerprint density at radius 3 is 2.37 bits per heavy atom. The van der Waals surface area contributed by atoms with Gasteiger partial charge in [0.15, 0.2) is 0 Å². The average molecular weight is 457 g/mol. The Kier molecular flexibility index (Phi) is 7.95. The Balaban J connectivity index is 2.36. The van der Waals surface area contributed by atoms with E-state index in [1.807, 2.05) is 33.8 Å². The quantitative estimate of drug-likeness (QED) is 0.497. The van der Waals surface area contributed by atoms with Crippen molar-refractivity contribution in [1.29, 1.82) is 0 Å². The van der Waals surface area contributed by atoms with Gasteiger partial charge in [-0.25, -0.2) is 8.42 Å². The summed E-state index contributed by atoms with van der Waals surface area (Å²) < 4.78 is 25.7. The van der Waals surface area contributed by atoms with Gasteiger partial charge in [0.25, 0.3) is 0 Å². The molecular weight excluding hydrogens is 428 g/mol. The molecule has 0 spiro atoms. The topological polar surface area (TPSA) is 130 Å². The molecule has 0 aliphatic carbocycles. The molecule has 0 bridgehead atoms. The van der Waals surface area contributed by atoms with E-state index in [0.29, 0.717) is 29.6 Å². The summed E-state index contributed by atoms with van der Waals surface area (Å²) in [6, 6.07) is 3.33. The Labute approximate surface area is 182 Å². The van der Waals surface area contributed by atoms with Crippen molar-refractivity contribution in [1.82, 2.24) is 19.9 Å². The first-order valence-electron chi connectivity index (χ1n) is 9.60. The van der Waals surface area contributed by atoms with E-state index in [-0.39, 0.29) is 24.5 Å². The summed E-state index contributed by atoms with van der Waals surface area (Å²) in [5.74, 6) is 0.859. The number of pyridine rings is 1. The zero-order valence-corrected chi connectivity index (χ0v) is 19.4. The van der Waals surface area contributed by atoms with Gasteiger partial charge in [0.2, 0.25) is 21.9 Å². The summed E-state index contributed by atoms with van der Waals surface area (Å²) in [5.41, 5.74) is 0.354. The smallest absolute Gasteiger partial charge is 0.241 e. The van der Waals surface area contributed by atoms with E-state index in [1.165, 1.54) is 0 Å². The van der Waals surface area contributed by atoms with Gasteiger partial charge < -0.3 is 10.4 Å². The zero-order valence-electron chi connectivity index (χ0n) is 17.8. The van der Waals surface area contributed by atoms with Crippen LogP contribution in [0.2, 0.25) is 5.02 Å². The molecule has 0 aliphatic rings. The fourth-order valence-electron chi connectivity index (χ4n) is 2.97. The second-order valence-electron chi connectivity index (χ2n) is 8.35. The molecule has 0 saturated heterocycles. The molecule has 2 aromatic rings. The van der Waals surface area contributed by atoms with E-state index >= 15 is 0 Å². The minimum atomic E-state index is -3.57. The van der Waals surface area contributed by atoms with Crippen LogP contribution in [0.3, 0.4) is 0 Å². The molecule has 0 unspecified atom stereocenters. The number of hydrogen-bond donors (Lipinski definition) is 3. The number of aromatic nitrogens is 4. The summed E-state index contributed by atoms with van der Waals surface area (Å²) in [6.45, 7) is 7.95. The molecule has 0 amide bonds. The molecule has 2 heterocycles. The van der Waals surface area contributed by atoms with Crippen molar-refractivity contribution >= 4 is 33.5 Å². The predicted molar refractivity (Wildman–Crippen MR) is 118 cm³/mol. The number of nitrogens with zero attached hydrogens (tertiary/aromatic N) is 4. The third-order valence-corrected chi connectivity index (χ3v) is 5.07. The van der Waals surface area contributed by atoms with Crippen LogP contribution < -0.4 is 10.0 Å².